The zero-order chi connectivity index (χ0) is 30.8. The lowest BCUT2D eigenvalue weighted by atomic mass is 9.98. The SMILES string of the molecule is COc1cccnc1C#CCN1CCN(C(=O)c2cc(C(F)(F)F)cc(C(F)(F)F)c2)[C@H](Cc2c[nH]c3ccccc23)C1.Cl.Cl. The molecule has 4 aromatic rings. The summed E-state index contributed by atoms with van der Waals surface area (Å²) < 4.78 is 86.5. The van der Waals surface area contributed by atoms with Gasteiger partial charge in [0.25, 0.3) is 5.91 Å². The molecule has 1 aliphatic rings. The van der Waals surface area contributed by atoms with Gasteiger partial charge in [0.05, 0.1) is 24.8 Å². The molecule has 6 nitrogen and oxygen atoms in total. The first-order valence-electron chi connectivity index (χ1n) is 13.3. The first-order chi connectivity index (χ1) is 20.4. The molecule has 240 valence electrons. The topological polar surface area (TPSA) is 61.5 Å². The summed E-state index contributed by atoms with van der Waals surface area (Å²) in [5.41, 5.74) is -1.54. The first-order valence-corrected chi connectivity index (χ1v) is 13.3. The van der Waals surface area contributed by atoms with Crippen LogP contribution in [0, 0.1) is 11.8 Å². The Morgan fingerprint density at radius 3 is 2.36 bits per heavy atom. The molecule has 0 bridgehead atoms. The van der Waals surface area contributed by atoms with E-state index in [0.29, 0.717) is 49.6 Å². The fourth-order valence-electron chi connectivity index (χ4n) is 5.19. The molecule has 2 aromatic carbocycles. The third-order valence-corrected chi connectivity index (χ3v) is 7.29. The molecule has 45 heavy (non-hydrogen) atoms. The number of halogens is 8. The molecule has 14 heteroatoms. The lowest BCUT2D eigenvalue weighted by molar-refractivity contribution is -0.143. The van der Waals surface area contributed by atoms with Gasteiger partial charge in [0.1, 0.15) is 0 Å². The molecule has 0 radical (unpaired) electrons. The fourth-order valence-corrected chi connectivity index (χ4v) is 5.19. The summed E-state index contributed by atoms with van der Waals surface area (Å²) in [4.78, 5) is 24.4. The van der Waals surface area contributed by atoms with Gasteiger partial charge in [-0.1, -0.05) is 24.1 Å². The lowest BCUT2D eigenvalue weighted by Crippen LogP contribution is -2.56. The maximum atomic E-state index is 13.7. The van der Waals surface area contributed by atoms with Crippen LogP contribution in [0.3, 0.4) is 0 Å². The quantitative estimate of drug-likeness (QED) is 0.186. The molecule has 1 saturated heterocycles. The highest BCUT2D eigenvalue weighted by Gasteiger charge is 2.39. The minimum absolute atomic E-state index is 0. The maximum absolute atomic E-state index is 13.7. The number of nitrogens with zero attached hydrogens (tertiary/aromatic N) is 3. The van der Waals surface area contributed by atoms with E-state index >= 15 is 0 Å². The summed E-state index contributed by atoms with van der Waals surface area (Å²) in [5, 5.41) is 0.910. The Bertz CT molecular complexity index is 1660. The van der Waals surface area contributed by atoms with Crippen molar-refractivity contribution in [2.75, 3.05) is 33.3 Å². The van der Waals surface area contributed by atoms with Crippen molar-refractivity contribution in [1.82, 2.24) is 19.8 Å². The van der Waals surface area contributed by atoms with Gasteiger partial charge >= 0.3 is 12.4 Å². The number of aromatic amines is 1. The molecule has 3 heterocycles. The number of aromatic nitrogens is 2. The number of rotatable bonds is 5. The van der Waals surface area contributed by atoms with Crippen molar-refractivity contribution in [1.29, 1.82) is 0 Å². The first kappa shape index (κ1) is 35.6. The second-order valence-electron chi connectivity index (χ2n) is 10.1. The highest BCUT2D eigenvalue weighted by Crippen LogP contribution is 2.37. The second-order valence-corrected chi connectivity index (χ2v) is 10.1. The Balaban J connectivity index is 0.00000276. The highest BCUT2D eigenvalue weighted by atomic mass is 35.5. The average Bonchev–Trinajstić information content (AvgIpc) is 3.39. The van der Waals surface area contributed by atoms with Crippen molar-refractivity contribution in [2.24, 2.45) is 0 Å². The van der Waals surface area contributed by atoms with Crippen LogP contribution >= 0.6 is 24.8 Å². The van der Waals surface area contributed by atoms with Crippen LogP contribution in [0.5, 0.6) is 5.75 Å². The Hall–Kier alpha value is -3.92. The third-order valence-electron chi connectivity index (χ3n) is 7.29. The fraction of sp³-hybridized carbons (Fsp3) is 0.290. The second kappa shape index (κ2) is 14.5. The largest absolute Gasteiger partial charge is 0.494 e. The molecular weight excluding hydrogens is 645 g/mol. The van der Waals surface area contributed by atoms with Crippen LogP contribution in [0.4, 0.5) is 26.3 Å². The number of hydrogen-bond donors (Lipinski definition) is 1. The predicted molar refractivity (Wildman–Crippen MR) is 162 cm³/mol. The number of benzene rings is 2. The van der Waals surface area contributed by atoms with Crippen LogP contribution in [-0.4, -0.2) is 65.0 Å². The van der Waals surface area contributed by atoms with E-state index in [-0.39, 0.29) is 37.4 Å². The number of para-hydroxylation sites is 1. The molecule has 0 unspecified atom stereocenters. The number of H-pyrrole nitrogens is 1. The van der Waals surface area contributed by atoms with Crippen molar-refractivity contribution < 1.29 is 35.9 Å². The van der Waals surface area contributed by atoms with Crippen LogP contribution in [0.1, 0.15) is 32.7 Å². The summed E-state index contributed by atoms with van der Waals surface area (Å²) in [7, 11) is 1.51. The van der Waals surface area contributed by atoms with Crippen molar-refractivity contribution >= 4 is 41.6 Å². The van der Waals surface area contributed by atoms with E-state index in [0.717, 1.165) is 16.5 Å². The van der Waals surface area contributed by atoms with Crippen LogP contribution in [-0.2, 0) is 18.8 Å². The third kappa shape index (κ3) is 8.22. The van der Waals surface area contributed by atoms with E-state index in [1.807, 2.05) is 29.2 Å². The normalized spacial score (nSPS) is 15.4. The van der Waals surface area contributed by atoms with Crippen molar-refractivity contribution in [3.05, 3.63) is 94.9 Å². The maximum Gasteiger partial charge on any atom is 0.416 e. The molecule has 0 spiro atoms. The predicted octanol–water partition coefficient (Wildman–Crippen LogP) is 6.87. The molecule has 1 aliphatic heterocycles. The zero-order valence-corrected chi connectivity index (χ0v) is 25.3. The number of nitrogens with one attached hydrogen (secondary N) is 1. The number of pyridine rings is 1. The Kier molecular flexibility index (Phi) is 11.4. The van der Waals surface area contributed by atoms with E-state index in [9.17, 15) is 31.1 Å². The monoisotopic (exact) mass is 672 g/mol. The highest BCUT2D eigenvalue weighted by molar-refractivity contribution is 5.95. The molecule has 1 N–H and O–H groups in total. The summed E-state index contributed by atoms with van der Waals surface area (Å²) in [6.07, 6.45) is -6.42. The van der Waals surface area contributed by atoms with Crippen LogP contribution < -0.4 is 4.74 Å². The smallest absolute Gasteiger partial charge is 0.416 e. The number of alkyl halides is 6. The van der Waals surface area contributed by atoms with Crippen LogP contribution in [0.2, 0.25) is 0 Å². The van der Waals surface area contributed by atoms with Crippen molar-refractivity contribution in [3.63, 3.8) is 0 Å². The van der Waals surface area contributed by atoms with Crippen LogP contribution in [0.15, 0.2) is 67.0 Å². The van der Waals surface area contributed by atoms with Gasteiger partial charge in [0.2, 0.25) is 0 Å². The number of methoxy groups -OCH3 is 1. The number of fused-ring (bicyclic) bond motifs is 1. The van der Waals surface area contributed by atoms with Crippen molar-refractivity contribution in [2.45, 2.75) is 24.8 Å². The lowest BCUT2D eigenvalue weighted by Gasteiger charge is -2.41. The molecule has 1 amide bonds. The molecule has 1 atom stereocenters. The van der Waals surface area contributed by atoms with Crippen molar-refractivity contribution in [3.8, 4) is 17.6 Å². The number of carbonyl (C=O) groups excluding carboxylic acids is 1. The average molecular weight is 673 g/mol. The Morgan fingerprint density at radius 2 is 1.69 bits per heavy atom. The van der Waals surface area contributed by atoms with E-state index in [1.54, 1.807) is 24.5 Å². The van der Waals surface area contributed by atoms with Gasteiger partial charge in [-0.25, -0.2) is 4.98 Å². The minimum atomic E-state index is -5.06. The molecule has 0 aliphatic carbocycles. The van der Waals surface area contributed by atoms with Gasteiger partial charge in [0.15, 0.2) is 11.4 Å². The van der Waals surface area contributed by atoms with Gasteiger partial charge in [0, 0.05) is 54.5 Å². The van der Waals surface area contributed by atoms with Gasteiger partial charge < -0.3 is 14.6 Å². The summed E-state index contributed by atoms with van der Waals surface area (Å²) in [6, 6.07) is 11.4. The van der Waals surface area contributed by atoms with Crippen LogP contribution in [0.25, 0.3) is 10.9 Å². The Morgan fingerprint density at radius 1 is 1.00 bits per heavy atom. The van der Waals surface area contributed by atoms with E-state index < -0.39 is 41.0 Å². The van der Waals surface area contributed by atoms with E-state index in [2.05, 4.69) is 21.8 Å². The van der Waals surface area contributed by atoms with E-state index in [4.69, 9.17) is 4.74 Å². The molecular formula is C31H28Cl2F6N4O2. The standard InChI is InChI=1S/C31H26F6N4O2.2ClH/c1-43-28-9-4-10-38-27(28)8-5-11-40-12-13-41(24(19-40)16-21-18-39-26-7-3-2-6-25(21)26)29(42)20-14-22(30(32,33)34)17-23(15-20)31(35,36)37;;/h2-4,6-7,9-10,14-15,17-18,24,39H,11-13,16,19H2,1H3;2*1H/t24-;;/m1../s1. The molecule has 2 aromatic heterocycles. The zero-order valence-electron chi connectivity index (χ0n) is 23.7. The van der Waals surface area contributed by atoms with Gasteiger partial charge in [-0.2, -0.15) is 26.3 Å². The van der Waals surface area contributed by atoms with Gasteiger partial charge in [-0.3, -0.25) is 9.69 Å². The van der Waals surface area contributed by atoms with Gasteiger partial charge in [-0.05, 0) is 54.3 Å². The number of piperazine rings is 1. The number of carbonyl (C=O) groups is 1. The molecule has 5 rings (SSSR count). The molecule has 1 fully saturated rings. The summed E-state index contributed by atoms with van der Waals surface area (Å²) in [5.74, 6) is 5.64. The minimum Gasteiger partial charge on any atom is -0.494 e. The molecule has 0 saturated carbocycles. The summed E-state index contributed by atoms with van der Waals surface area (Å²) in [6.45, 7) is 0.992. The number of amides is 1. The van der Waals surface area contributed by atoms with Gasteiger partial charge in [-0.15, -0.1) is 24.8 Å². The van der Waals surface area contributed by atoms with E-state index in [1.165, 1.54) is 12.0 Å². The number of hydrogen-bond acceptors (Lipinski definition) is 4. The number of ether oxygens (including phenoxy) is 1. The summed E-state index contributed by atoms with van der Waals surface area (Å²) >= 11 is 0. The Labute approximate surface area is 267 Å².